The van der Waals surface area contributed by atoms with Crippen molar-refractivity contribution < 1.29 is 4.76 Å². The summed E-state index contributed by atoms with van der Waals surface area (Å²) in [6.07, 6.45) is 12.5. The maximum Gasteiger partial charge on any atom is 0.307 e. The molecule has 76 valence electrons. The number of nitrogens with two attached hydrogens (primary N) is 1. The van der Waals surface area contributed by atoms with Gasteiger partial charge < -0.3 is 4.76 Å². The first kappa shape index (κ1) is 11.1. The van der Waals surface area contributed by atoms with Crippen LogP contribution in [0.2, 0.25) is 5.82 Å². The maximum atomic E-state index is 5.12. The van der Waals surface area contributed by atoms with Gasteiger partial charge >= 0.3 is 7.48 Å². The molecule has 2 N–H and O–H groups in total. The summed E-state index contributed by atoms with van der Waals surface area (Å²) in [6.45, 7) is 0. The number of rotatable bonds is 2. The van der Waals surface area contributed by atoms with Crippen molar-refractivity contribution in [3.05, 3.63) is 0 Å². The van der Waals surface area contributed by atoms with Crippen LogP contribution in [0, 0.1) is 0 Å². The molecule has 0 atom stereocenters. The molecule has 1 fully saturated rings. The molecule has 0 radical (unpaired) electrons. The monoisotopic (exact) mass is 183 g/mol. The molecule has 1 saturated carbocycles. The molecule has 1 rings (SSSR count). The van der Waals surface area contributed by atoms with Crippen LogP contribution < -0.4 is 5.90 Å². The molecule has 0 unspecified atom stereocenters. The highest BCUT2D eigenvalue weighted by atomic mass is 16.6. The van der Waals surface area contributed by atoms with Crippen molar-refractivity contribution >= 4 is 7.48 Å². The lowest BCUT2D eigenvalue weighted by Gasteiger charge is -2.15. The van der Waals surface area contributed by atoms with E-state index in [0.717, 1.165) is 13.3 Å². The second-order valence-electron chi connectivity index (χ2n) is 4.25. The molecule has 1 aliphatic rings. The van der Waals surface area contributed by atoms with Crippen molar-refractivity contribution in [2.24, 2.45) is 5.90 Å². The molecule has 2 nitrogen and oxygen atoms in total. The van der Waals surface area contributed by atoms with Gasteiger partial charge in [-0.2, -0.15) is 0 Å². The molecule has 0 saturated heterocycles. The Hall–Kier alpha value is -0.0151. The van der Waals surface area contributed by atoms with Crippen LogP contribution in [0.1, 0.15) is 57.8 Å². The molecule has 0 amide bonds. The Balaban J connectivity index is 2.18. The van der Waals surface area contributed by atoms with Gasteiger partial charge in [-0.25, -0.2) is 5.90 Å². The summed E-state index contributed by atoms with van der Waals surface area (Å²) >= 11 is 0. The van der Waals surface area contributed by atoms with Crippen LogP contribution in [0.4, 0.5) is 0 Å². The Kier molecular flexibility index (Phi) is 6.29. The first-order chi connectivity index (χ1) is 6.43. The van der Waals surface area contributed by atoms with E-state index in [-0.39, 0.29) is 0 Å². The Morgan fingerprint density at radius 3 is 1.77 bits per heavy atom. The molecular weight excluding hydrogens is 161 g/mol. The smallest absolute Gasteiger partial charge is 0.307 e. The highest BCUT2D eigenvalue weighted by Gasteiger charge is 2.11. The van der Waals surface area contributed by atoms with Gasteiger partial charge in [-0.15, -0.1) is 0 Å². The standard InChI is InChI=1S/C10H22BNO/c12-13-11-10-8-6-4-2-1-3-5-7-9-10/h10-11H,1-9,12H2. The molecule has 3 heteroatoms. The van der Waals surface area contributed by atoms with E-state index in [9.17, 15) is 0 Å². The Morgan fingerprint density at radius 1 is 0.846 bits per heavy atom. The summed E-state index contributed by atoms with van der Waals surface area (Å²) in [5.74, 6) is 5.84. The average molecular weight is 183 g/mol. The fraction of sp³-hybridized carbons (Fsp3) is 1.00. The minimum atomic E-state index is 0.725. The van der Waals surface area contributed by atoms with Crippen LogP contribution in [0.25, 0.3) is 0 Å². The first-order valence-electron chi connectivity index (χ1n) is 5.75. The molecular formula is C10H22BNO. The summed E-state index contributed by atoms with van der Waals surface area (Å²) in [4.78, 5) is 0. The normalized spacial score (nSPS) is 22.5. The minimum absolute atomic E-state index is 0.725. The molecule has 0 aromatic heterocycles. The lowest BCUT2D eigenvalue weighted by atomic mass is 9.73. The predicted octanol–water partition coefficient (Wildman–Crippen LogP) is 2.54. The van der Waals surface area contributed by atoms with E-state index in [1.807, 2.05) is 0 Å². The highest BCUT2D eigenvalue weighted by molar-refractivity contribution is 6.29. The van der Waals surface area contributed by atoms with Gasteiger partial charge in [-0.1, -0.05) is 57.8 Å². The molecule has 0 aliphatic heterocycles. The fourth-order valence-corrected chi connectivity index (χ4v) is 2.20. The van der Waals surface area contributed by atoms with E-state index in [1.165, 1.54) is 57.8 Å². The van der Waals surface area contributed by atoms with Crippen molar-refractivity contribution in [1.29, 1.82) is 0 Å². The van der Waals surface area contributed by atoms with Crippen LogP contribution in [0.5, 0.6) is 0 Å². The average Bonchev–Trinajstić information content (AvgIpc) is 2.16. The van der Waals surface area contributed by atoms with E-state index < -0.39 is 0 Å². The fourth-order valence-electron chi connectivity index (χ4n) is 2.20. The quantitative estimate of drug-likeness (QED) is 0.527. The molecule has 13 heavy (non-hydrogen) atoms. The van der Waals surface area contributed by atoms with Gasteiger partial charge in [0.2, 0.25) is 0 Å². The predicted molar refractivity (Wildman–Crippen MR) is 57.7 cm³/mol. The summed E-state index contributed by atoms with van der Waals surface area (Å²) in [5.41, 5.74) is 0. The molecule has 0 spiro atoms. The van der Waals surface area contributed by atoms with Crippen LogP contribution in [0.15, 0.2) is 0 Å². The van der Waals surface area contributed by atoms with Crippen molar-refractivity contribution in [3.8, 4) is 0 Å². The summed E-state index contributed by atoms with van der Waals surface area (Å²) in [6, 6.07) is 0. The van der Waals surface area contributed by atoms with E-state index in [0.29, 0.717) is 0 Å². The molecule has 1 aliphatic carbocycles. The largest absolute Gasteiger partial charge is 0.371 e. The molecule has 0 aromatic carbocycles. The summed E-state index contributed by atoms with van der Waals surface area (Å²) in [5, 5.41) is 0. The van der Waals surface area contributed by atoms with E-state index in [4.69, 9.17) is 10.7 Å². The number of hydrogen-bond acceptors (Lipinski definition) is 2. The van der Waals surface area contributed by atoms with Crippen molar-refractivity contribution in [1.82, 2.24) is 0 Å². The van der Waals surface area contributed by atoms with Crippen molar-refractivity contribution in [2.75, 3.05) is 0 Å². The third-order valence-electron chi connectivity index (χ3n) is 3.06. The van der Waals surface area contributed by atoms with Crippen LogP contribution in [0.3, 0.4) is 0 Å². The van der Waals surface area contributed by atoms with Crippen LogP contribution in [-0.4, -0.2) is 7.48 Å². The Morgan fingerprint density at radius 2 is 1.31 bits per heavy atom. The third-order valence-corrected chi connectivity index (χ3v) is 3.06. The highest BCUT2D eigenvalue weighted by Crippen LogP contribution is 2.24. The minimum Gasteiger partial charge on any atom is -0.371 e. The second-order valence-corrected chi connectivity index (χ2v) is 4.25. The molecule has 0 heterocycles. The van der Waals surface area contributed by atoms with Crippen LogP contribution >= 0.6 is 0 Å². The van der Waals surface area contributed by atoms with Gasteiger partial charge in [0.05, 0.1) is 0 Å². The number of hydrogen-bond donors (Lipinski definition) is 1. The summed E-state index contributed by atoms with van der Waals surface area (Å²) < 4.78 is 4.75. The van der Waals surface area contributed by atoms with Gasteiger partial charge in [0.15, 0.2) is 0 Å². The van der Waals surface area contributed by atoms with Gasteiger partial charge in [0, 0.05) is 0 Å². The van der Waals surface area contributed by atoms with Crippen molar-refractivity contribution in [3.63, 3.8) is 0 Å². The zero-order valence-electron chi connectivity index (χ0n) is 8.63. The lowest BCUT2D eigenvalue weighted by molar-refractivity contribution is 0.339. The van der Waals surface area contributed by atoms with E-state index >= 15 is 0 Å². The topological polar surface area (TPSA) is 35.2 Å². The van der Waals surface area contributed by atoms with E-state index in [1.54, 1.807) is 0 Å². The first-order valence-corrected chi connectivity index (χ1v) is 5.75. The maximum absolute atomic E-state index is 5.12. The summed E-state index contributed by atoms with van der Waals surface area (Å²) in [7, 11) is 0.764. The van der Waals surface area contributed by atoms with Crippen molar-refractivity contribution in [2.45, 2.75) is 63.6 Å². The Bertz CT molecular complexity index is 111. The third kappa shape index (κ3) is 5.32. The van der Waals surface area contributed by atoms with E-state index in [2.05, 4.69) is 0 Å². The Labute approximate surface area is 82.4 Å². The van der Waals surface area contributed by atoms with Gasteiger partial charge in [-0.3, -0.25) is 0 Å². The van der Waals surface area contributed by atoms with Gasteiger partial charge in [0.25, 0.3) is 0 Å². The van der Waals surface area contributed by atoms with Crippen LogP contribution in [-0.2, 0) is 4.76 Å². The van der Waals surface area contributed by atoms with Gasteiger partial charge in [-0.05, 0) is 5.82 Å². The second kappa shape index (κ2) is 7.39. The SMILES string of the molecule is NOBC1CCCCCCCCC1. The molecule has 0 bridgehead atoms. The molecule has 0 aromatic rings. The zero-order valence-corrected chi connectivity index (χ0v) is 8.63. The van der Waals surface area contributed by atoms with Gasteiger partial charge in [0.1, 0.15) is 0 Å². The zero-order chi connectivity index (χ0) is 9.36. The lowest BCUT2D eigenvalue weighted by Crippen LogP contribution is -2.13.